The Labute approximate surface area is 163 Å². The third-order valence-corrected chi connectivity index (χ3v) is 4.29. The Morgan fingerprint density at radius 3 is 2.52 bits per heavy atom. The number of amides is 1. The zero-order chi connectivity index (χ0) is 19.7. The zero-order valence-electron chi connectivity index (χ0n) is 17.0. The maximum atomic E-state index is 11.6. The second-order valence-corrected chi connectivity index (χ2v) is 7.94. The highest BCUT2D eigenvalue weighted by Gasteiger charge is 2.37. The predicted octanol–water partition coefficient (Wildman–Crippen LogP) is 3.26. The van der Waals surface area contributed by atoms with E-state index < -0.39 is 5.60 Å². The van der Waals surface area contributed by atoms with E-state index in [-0.39, 0.29) is 6.09 Å². The van der Waals surface area contributed by atoms with Crippen molar-refractivity contribution in [2.45, 2.75) is 52.1 Å². The summed E-state index contributed by atoms with van der Waals surface area (Å²) in [7, 11) is 0. The monoisotopic (exact) mass is 374 g/mol. The van der Waals surface area contributed by atoms with Crippen LogP contribution in [0.15, 0.2) is 35.3 Å². The van der Waals surface area contributed by atoms with Crippen LogP contribution in [0.4, 0.5) is 4.79 Å². The van der Waals surface area contributed by atoms with E-state index in [1.54, 1.807) is 0 Å². The quantitative estimate of drug-likeness (QED) is 0.371. The lowest BCUT2D eigenvalue weighted by atomic mass is 10.1. The lowest BCUT2D eigenvalue weighted by molar-refractivity contribution is 0.0527. The van der Waals surface area contributed by atoms with Gasteiger partial charge in [0.05, 0.1) is 0 Å². The van der Waals surface area contributed by atoms with Gasteiger partial charge in [-0.25, -0.2) is 4.79 Å². The molecule has 0 saturated heterocycles. The maximum Gasteiger partial charge on any atom is 0.407 e. The van der Waals surface area contributed by atoms with Gasteiger partial charge in [0.15, 0.2) is 5.96 Å². The number of ether oxygens (including phenoxy) is 1. The molecule has 2 atom stereocenters. The second-order valence-electron chi connectivity index (χ2n) is 7.94. The van der Waals surface area contributed by atoms with Crippen LogP contribution in [0.3, 0.4) is 0 Å². The number of benzene rings is 1. The van der Waals surface area contributed by atoms with Crippen LogP contribution in [0.25, 0.3) is 0 Å². The van der Waals surface area contributed by atoms with Crippen LogP contribution in [-0.4, -0.2) is 43.8 Å². The average molecular weight is 375 g/mol. The van der Waals surface area contributed by atoms with E-state index >= 15 is 0 Å². The first-order chi connectivity index (χ1) is 12.9. The van der Waals surface area contributed by atoms with Gasteiger partial charge in [0.2, 0.25) is 0 Å². The van der Waals surface area contributed by atoms with Crippen molar-refractivity contribution >= 4 is 12.1 Å². The second kappa shape index (κ2) is 10.2. The number of guanidine groups is 1. The smallest absolute Gasteiger partial charge is 0.407 e. The van der Waals surface area contributed by atoms with Gasteiger partial charge in [-0.05, 0) is 57.9 Å². The third kappa shape index (κ3) is 8.33. The van der Waals surface area contributed by atoms with E-state index in [1.165, 1.54) is 12.0 Å². The zero-order valence-corrected chi connectivity index (χ0v) is 17.0. The van der Waals surface area contributed by atoms with E-state index in [9.17, 15) is 4.79 Å². The van der Waals surface area contributed by atoms with E-state index in [1.807, 2.05) is 20.8 Å². The topological polar surface area (TPSA) is 74.8 Å². The summed E-state index contributed by atoms with van der Waals surface area (Å²) in [4.78, 5) is 16.3. The van der Waals surface area contributed by atoms with Crippen molar-refractivity contribution in [3.05, 3.63) is 35.9 Å². The highest BCUT2D eigenvalue weighted by Crippen LogP contribution is 2.47. The molecule has 1 aromatic rings. The van der Waals surface area contributed by atoms with Gasteiger partial charge < -0.3 is 20.7 Å². The first-order valence-electron chi connectivity index (χ1n) is 9.93. The van der Waals surface area contributed by atoms with E-state index in [0.29, 0.717) is 18.4 Å². The summed E-state index contributed by atoms with van der Waals surface area (Å²) in [5.74, 6) is 2.13. The van der Waals surface area contributed by atoms with Crippen LogP contribution in [0.1, 0.15) is 52.0 Å². The number of carbonyl (C=O) groups is 1. The summed E-state index contributed by atoms with van der Waals surface area (Å²) in [5.41, 5.74) is 0.956. The van der Waals surface area contributed by atoms with Crippen molar-refractivity contribution in [3.8, 4) is 0 Å². The van der Waals surface area contributed by atoms with Gasteiger partial charge in [-0.1, -0.05) is 30.3 Å². The largest absolute Gasteiger partial charge is 0.444 e. The highest BCUT2D eigenvalue weighted by atomic mass is 16.6. The number of hydrogen-bond acceptors (Lipinski definition) is 3. The summed E-state index contributed by atoms with van der Waals surface area (Å²) in [5, 5.41) is 9.37. The van der Waals surface area contributed by atoms with Crippen molar-refractivity contribution in [1.29, 1.82) is 0 Å². The minimum Gasteiger partial charge on any atom is -0.444 e. The summed E-state index contributed by atoms with van der Waals surface area (Å²) in [6, 6.07) is 10.7. The molecule has 0 radical (unpaired) electrons. The fraction of sp³-hybridized carbons (Fsp3) is 0.619. The fourth-order valence-electron chi connectivity index (χ4n) is 2.91. The van der Waals surface area contributed by atoms with Gasteiger partial charge in [-0.3, -0.25) is 4.99 Å². The molecule has 2 rings (SSSR count). The Balaban J connectivity index is 1.65. The number of rotatable bonds is 8. The molecule has 1 aliphatic rings. The van der Waals surface area contributed by atoms with Crippen LogP contribution < -0.4 is 16.0 Å². The summed E-state index contributed by atoms with van der Waals surface area (Å²) in [6.07, 6.45) is 1.65. The van der Waals surface area contributed by atoms with Crippen LogP contribution >= 0.6 is 0 Å². The van der Waals surface area contributed by atoms with Gasteiger partial charge in [-0.2, -0.15) is 0 Å². The van der Waals surface area contributed by atoms with Gasteiger partial charge in [0.1, 0.15) is 5.60 Å². The van der Waals surface area contributed by atoms with Crippen molar-refractivity contribution in [1.82, 2.24) is 16.0 Å². The predicted molar refractivity (Wildman–Crippen MR) is 110 cm³/mol. The molecular weight excluding hydrogens is 340 g/mol. The molecule has 0 bridgehead atoms. The average Bonchev–Trinajstić information content (AvgIpc) is 3.38. The summed E-state index contributed by atoms with van der Waals surface area (Å²) < 4.78 is 5.22. The first-order valence-corrected chi connectivity index (χ1v) is 9.93. The van der Waals surface area contributed by atoms with Gasteiger partial charge in [-0.15, -0.1) is 0 Å². The van der Waals surface area contributed by atoms with E-state index in [2.05, 4.69) is 53.2 Å². The molecule has 0 aromatic heterocycles. The Bertz CT molecular complexity index is 610. The van der Waals surface area contributed by atoms with Crippen LogP contribution in [0.5, 0.6) is 0 Å². The van der Waals surface area contributed by atoms with Crippen molar-refractivity contribution in [3.63, 3.8) is 0 Å². The minimum absolute atomic E-state index is 0.372. The molecule has 0 aliphatic heterocycles. The number of nitrogens with one attached hydrogen (secondary N) is 3. The summed E-state index contributed by atoms with van der Waals surface area (Å²) in [6.45, 7) is 10.6. The third-order valence-electron chi connectivity index (χ3n) is 4.29. The Hall–Kier alpha value is -2.24. The molecule has 27 heavy (non-hydrogen) atoms. The molecular formula is C21H34N4O2. The molecule has 1 fully saturated rings. The number of hydrogen-bond donors (Lipinski definition) is 3. The molecule has 6 nitrogen and oxygen atoms in total. The summed E-state index contributed by atoms with van der Waals surface area (Å²) >= 11 is 0. The van der Waals surface area contributed by atoms with Crippen molar-refractivity contribution in [2.75, 3.05) is 26.2 Å². The standard InChI is InChI=1S/C21H34N4O2/c1-5-22-19(23-12-9-13-24-20(26)27-21(2,3)4)25-15-17-14-18(17)16-10-7-6-8-11-16/h6-8,10-11,17-18H,5,9,12-15H2,1-4H3,(H,24,26)(H2,22,23,25). The molecule has 3 N–H and O–H groups in total. The van der Waals surface area contributed by atoms with Gasteiger partial charge >= 0.3 is 6.09 Å². The SMILES string of the molecule is CCNC(=NCC1CC1c1ccccc1)NCCCNC(=O)OC(C)(C)C. The van der Waals surface area contributed by atoms with Crippen LogP contribution in [0, 0.1) is 5.92 Å². The number of nitrogens with zero attached hydrogens (tertiary/aromatic N) is 1. The highest BCUT2D eigenvalue weighted by molar-refractivity contribution is 5.79. The fourth-order valence-corrected chi connectivity index (χ4v) is 2.91. The molecule has 1 amide bonds. The van der Waals surface area contributed by atoms with E-state index in [4.69, 9.17) is 9.73 Å². The number of alkyl carbamates (subject to hydrolysis) is 1. The molecule has 150 valence electrons. The van der Waals surface area contributed by atoms with Gasteiger partial charge in [0, 0.05) is 26.2 Å². The van der Waals surface area contributed by atoms with Crippen LogP contribution in [0.2, 0.25) is 0 Å². The molecule has 0 heterocycles. The normalized spacial score (nSPS) is 19.3. The lowest BCUT2D eigenvalue weighted by Gasteiger charge is -2.19. The maximum absolute atomic E-state index is 11.6. The Morgan fingerprint density at radius 2 is 1.85 bits per heavy atom. The molecule has 1 saturated carbocycles. The molecule has 1 aromatic carbocycles. The van der Waals surface area contributed by atoms with Gasteiger partial charge in [0.25, 0.3) is 0 Å². The Kier molecular flexibility index (Phi) is 7.95. The number of carbonyl (C=O) groups excluding carboxylic acids is 1. The first kappa shape index (κ1) is 21.1. The minimum atomic E-state index is -0.465. The number of aliphatic imine (C=N–C) groups is 1. The molecule has 0 spiro atoms. The van der Waals surface area contributed by atoms with Crippen LogP contribution in [-0.2, 0) is 4.74 Å². The molecule has 2 unspecified atom stereocenters. The van der Waals surface area contributed by atoms with Crippen molar-refractivity contribution in [2.24, 2.45) is 10.9 Å². The Morgan fingerprint density at radius 1 is 1.15 bits per heavy atom. The van der Waals surface area contributed by atoms with E-state index in [0.717, 1.165) is 32.0 Å². The molecule has 1 aliphatic carbocycles. The van der Waals surface area contributed by atoms with Crippen molar-refractivity contribution < 1.29 is 9.53 Å². The molecule has 6 heteroatoms. The lowest BCUT2D eigenvalue weighted by Crippen LogP contribution is -2.39.